The third-order valence-corrected chi connectivity index (χ3v) is 5.79. The van der Waals surface area contributed by atoms with Crippen molar-refractivity contribution < 1.29 is 24.1 Å². The molecule has 2 aliphatic rings. The lowest BCUT2D eigenvalue weighted by Crippen LogP contribution is -2.41. The zero-order chi connectivity index (χ0) is 20.8. The third kappa shape index (κ3) is 5.39. The van der Waals surface area contributed by atoms with Crippen LogP contribution in [-0.2, 0) is 22.4 Å². The topological polar surface area (TPSA) is 68.2 Å². The quantitative estimate of drug-likeness (QED) is 0.817. The Morgan fingerprint density at radius 1 is 0.933 bits per heavy atom. The fourth-order valence-corrected chi connectivity index (χ4v) is 4.22. The van der Waals surface area contributed by atoms with Crippen LogP contribution in [0.25, 0.3) is 0 Å². The Labute approximate surface area is 177 Å². The minimum Gasteiger partial charge on any atom is -0.491 e. The van der Waals surface area contributed by atoms with Crippen molar-refractivity contribution in [1.82, 2.24) is 4.90 Å². The molecule has 0 atom stereocenters. The van der Waals surface area contributed by atoms with Crippen molar-refractivity contribution in [3.8, 4) is 5.75 Å². The van der Waals surface area contributed by atoms with E-state index in [2.05, 4.69) is 29.2 Å². The fraction of sp³-hybridized carbons (Fsp3) is 0.458. The molecule has 1 saturated heterocycles. The summed E-state index contributed by atoms with van der Waals surface area (Å²) in [6.07, 6.45) is 2.73. The van der Waals surface area contributed by atoms with Gasteiger partial charge in [-0.25, -0.2) is 4.79 Å². The third-order valence-electron chi connectivity index (χ3n) is 5.79. The van der Waals surface area contributed by atoms with Gasteiger partial charge in [-0.2, -0.15) is 0 Å². The summed E-state index contributed by atoms with van der Waals surface area (Å²) in [5.41, 5.74) is 3.56. The lowest BCUT2D eigenvalue weighted by molar-refractivity contribution is 0.0133. The summed E-state index contributed by atoms with van der Waals surface area (Å²) < 4.78 is 17.3. The molecule has 2 bridgehead atoms. The van der Waals surface area contributed by atoms with Gasteiger partial charge in [0.05, 0.1) is 18.8 Å². The Morgan fingerprint density at radius 2 is 1.73 bits per heavy atom. The molecule has 4 rings (SSSR count). The predicted octanol–water partition coefficient (Wildman–Crippen LogP) is 3.37. The number of ether oxygens (including phenoxy) is 3. The molecule has 1 N–H and O–H groups in total. The molecule has 0 radical (unpaired) electrons. The van der Waals surface area contributed by atoms with E-state index in [4.69, 9.17) is 14.2 Å². The smallest absolute Gasteiger partial charge is 0.335 e. The van der Waals surface area contributed by atoms with Gasteiger partial charge in [0.25, 0.3) is 0 Å². The van der Waals surface area contributed by atoms with Crippen molar-refractivity contribution in [2.45, 2.75) is 31.8 Å². The first-order chi connectivity index (χ1) is 14.7. The van der Waals surface area contributed by atoms with Gasteiger partial charge in [0, 0.05) is 38.8 Å². The van der Waals surface area contributed by atoms with Gasteiger partial charge in [-0.15, -0.1) is 0 Å². The van der Waals surface area contributed by atoms with Crippen LogP contribution in [0.3, 0.4) is 0 Å². The van der Waals surface area contributed by atoms with Crippen LogP contribution in [0.4, 0.5) is 0 Å². The molecule has 2 aliphatic heterocycles. The maximum absolute atomic E-state index is 11.4. The minimum absolute atomic E-state index is 0.275. The monoisotopic (exact) mass is 411 g/mol. The van der Waals surface area contributed by atoms with E-state index in [9.17, 15) is 9.90 Å². The molecule has 0 saturated carbocycles. The van der Waals surface area contributed by atoms with Crippen molar-refractivity contribution in [1.29, 1.82) is 0 Å². The van der Waals surface area contributed by atoms with E-state index >= 15 is 0 Å². The Bertz CT molecular complexity index is 862. The number of aromatic carboxylic acids is 1. The molecule has 0 unspecified atom stereocenters. The highest BCUT2D eigenvalue weighted by Crippen LogP contribution is 2.25. The van der Waals surface area contributed by atoms with E-state index < -0.39 is 5.97 Å². The number of rotatable bonds is 2. The highest BCUT2D eigenvalue weighted by molar-refractivity contribution is 5.88. The first-order valence-corrected chi connectivity index (χ1v) is 10.7. The van der Waals surface area contributed by atoms with Gasteiger partial charge in [-0.3, -0.25) is 4.90 Å². The molecule has 0 amide bonds. The molecule has 0 aromatic heterocycles. The molecule has 0 aliphatic carbocycles. The van der Waals surface area contributed by atoms with Crippen molar-refractivity contribution in [3.05, 3.63) is 64.7 Å². The summed E-state index contributed by atoms with van der Waals surface area (Å²) in [5, 5.41) is 9.38. The van der Waals surface area contributed by atoms with Crippen LogP contribution in [0.2, 0.25) is 0 Å². The largest absolute Gasteiger partial charge is 0.491 e. The minimum atomic E-state index is -0.929. The van der Waals surface area contributed by atoms with Crippen LogP contribution in [0, 0.1) is 0 Å². The maximum atomic E-state index is 11.4. The average molecular weight is 411 g/mol. The van der Waals surface area contributed by atoms with Crippen LogP contribution < -0.4 is 4.74 Å². The molecule has 0 spiro atoms. The van der Waals surface area contributed by atoms with Crippen molar-refractivity contribution >= 4 is 5.97 Å². The lowest BCUT2D eigenvalue weighted by Gasteiger charge is -2.34. The van der Waals surface area contributed by atoms with Gasteiger partial charge in [0.15, 0.2) is 0 Å². The van der Waals surface area contributed by atoms with Gasteiger partial charge < -0.3 is 19.3 Å². The van der Waals surface area contributed by atoms with Gasteiger partial charge in [-0.05, 0) is 47.7 Å². The van der Waals surface area contributed by atoms with Crippen LogP contribution in [0.5, 0.6) is 5.75 Å². The van der Waals surface area contributed by atoms with Crippen molar-refractivity contribution in [2.75, 3.05) is 39.6 Å². The summed E-state index contributed by atoms with van der Waals surface area (Å²) in [7, 11) is 0. The number of benzene rings is 2. The molecule has 6 nitrogen and oxygen atoms in total. The molecule has 2 aromatic carbocycles. The van der Waals surface area contributed by atoms with Gasteiger partial charge >= 0.3 is 5.97 Å². The van der Waals surface area contributed by atoms with Crippen molar-refractivity contribution in [3.63, 3.8) is 0 Å². The normalized spacial score (nSPS) is 19.3. The second kappa shape index (κ2) is 10.1. The highest BCUT2D eigenvalue weighted by atomic mass is 16.5. The standard InChI is InChI=1S/C24H29NO5/c26-24(27)20-4-5-23-21(16-20)15-18-2-1-3-19(14-18)17-25(8-11-29-12-13-30-23)22-6-9-28-10-7-22/h1-5,14,16,22H,6-13,15,17H2,(H,26,27). The predicted molar refractivity (Wildman–Crippen MR) is 113 cm³/mol. The molecular weight excluding hydrogens is 382 g/mol. The molecule has 6 heteroatoms. The summed E-state index contributed by atoms with van der Waals surface area (Å²) >= 11 is 0. The van der Waals surface area contributed by atoms with Gasteiger partial charge in [-0.1, -0.05) is 24.3 Å². The second-order valence-corrected chi connectivity index (χ2v) is 7.90. The Hall–Kier alpha value is -2.41. The van der Waals surface area contributed by atoms with Crippen molar-refractivity contribution in [2.24, 2.45) is 0 Å². The number of carbonyl (C=O) groups is 1. The Balaban J connectivity index is 1.61. The number of hydrogen-bond donors (Lipinski definition) is 1. The van der Waals surface area contributed by atoms with Gasteiger partial charge in [0.2, 0.25) is 0 Å². The van der Waals surface area contributed by atoms with E-state index in [0.29, 0.717) is 32.3 Å². The molecule has 1 fully saturated rings. The molecule has 30 heavy (non-hydrogen) atoms. The first kappa shape index (κ1) is 20.8. The second-order valence-electron chi connectivity index (χ2n) is 7.90. The highest BCUT2D eigenvalue weighted by Gasteiger charge is 2.22. The first-order valence-electron chi connectivity index (χ1n) is 10.7. The number of nitrogens with zero attached hydrogens (tertiary/aromatic N) is 1. The summed E-state index contributed by atoms with van der Waals surface area (Å²) in [6.45, 7) is 5.00. The summed E-state index contributed by atoms with van der Waals surface area (Å²) in [4.78, 5) is 13.9. The van der Waals surface area contributed by atoms with E-state index in [1.807, 2.05) is 0 Å². The molecular formula is C24H29NO5. The Kier molecular flexibility index (Phi) is 7.00. The van der Waals surface area contributed by atoms with E-state index in [1.54, 1.807) is 18.2 Å². The van der Waals surface area contributed by atoms with Crippen LogP contribution >= 0.6 is 0 Å². The van der Waals surface area contributed by atoms with E-state index in [-0.39, 0.29) is 5.56 Å². The number of hydrogen-bond acceptors (Lipinski definition) is 5. The SMILES string of the molecule is O=C(O)c1ccc2c(c1)Cc1cccc(c1)CN(C1CCOCC1)CCOCCO2. The molecule has 2 heterocycles. The van der Waals surface area contributed by atoms with Crippen LogP contribution in [0.1, 0.15) is 39.9 Å². The maximum Gasteiger partial charge on any atom is 0.335 e. The summed E-state index contributed by atoms with van der Waals surface area (Å²) in [6, 6.07) is 14.1. The average Bonchev–Trinajstić information content (AvgIpc) is 2.76. The number of carboxylic acid groups (broad SMARTS) is 1. The summed E-state index contributed by atoms with van der Waals surface area (Å²) in [5.74, 6) is -0.212. The zero-order valence-electron chi connectivity index (χ0n) is 17.2. The van der Waals surface area contributed by atoms with Gasteiger partial charge in [0.1, 0.15) is 12.4 Å². The fourth-order valence-electron chi connectivity index (χ4n) is 4.22. The van der Waals surface area contributed by atoms with Crippen LogP contribution in [-0.4, -0.2) is 61.6 Å². The van der Waals surface area contributed by atoms with E-state index in [0.717, 1.165) is 56.0 Å². The molecule has 160 valence electrons. The number of carboxylic acids is 1. The van der Waals surface area contributed by atoms with Crippen LogP contribution in [0.15, 0.2) is 42.5 Å². The zero-order valence-corrected chi connectivity index (χ0v) is 17.2. The molecule has 2 aromatic rings. The lowest BCUT2D eigenvalue weighted by atomic mass is 9.99. The number of fused-ring (bicyclic) bond motifs is 3. The van der Waals surface area contributed by atoms with E-state index in [1.165, 1.54) is 5.56 Å². The Morgan fingerprint density at radius 3 is 2.57 bits per heavy atom.